The molecule has 5 rings (SSSR count). The number of para-hydroxylation sites is 1. The molecule has 0 spiro atoms. The van der Waals surface area contributed by atoms with Gasteiger partial charge in [-0.3, -0.25) is 4.79 Å². The largest absolute Gasteiger partial charge is 0.345 e. The van der Waals surface area contributed by atoms with Crippen molar-refractivity contribution in [1.82, 2.24) is 4.57 Å². The van der Waals surface area contributed by atoms with E-state index < -0.39 is 0 Å². The van der Waals surface area contributed by atoms with Crippen molar-refractivity contribution in [2.45, 2.75) is 13.1 Å². The molecule has 5 nitrogen and oxygen atoms in total. The zero-order valence-corrected chi connectivity index (χ0v) is 16.3. The molecule has 0 fully saturated rings. The molecule has 146 valence electrons. The zero-order valence-electron chi connectivity index (χ0n) is 16.3. The van der Waals surface area contributed by atoms with Gasteiger partial charge in [-0.05, 0) is 60.2 Å². The van der Waals surface area contributed by atoms with Gasteiger partial charge >= 0.3 is 0 Å². The van der Waals surface area contributed by atoms with Crippen LogP contribution in [0.15, 0.2) is 107 Å². The van der Waals surface area contributed by atoms with Crippen molar-refractivity contribution < 1.29 is 4.79 Å². The van der Waals surface area contributed by atoms with Gasteiger partial charge in [0.2, 0.25) is 0 Å². The molecule has 0 bridgehead atoms. The molecular weight excluding hydrogens is 372 g/mol. The summed E-state index contributed by atoms with van der Waals surface area (Å²) in [5.41, 5.74) is 5.34. The first-order valence-electron chi connectivity index (χ1n) is 9.88. The number of anilines is 1. The van der Waals surface area contributed by atoms with Crippen LogP contribution < -0.4 is 4.90 Å². The maximum Gasteiger partial charge on any atom is 0.258 e. The minimum absolute atomic E-state index is 0.0244. The van der Waals surface area contributed by atoms with Crippen LogP contribution in [0.1, 0.15) is 21.6 Å². The standard InChI is InChI=1S/C25H20N4O/c30-25(19-12-14-22(15-13-19)27-26-21-8-2-1-3-9-21)29-18-23-10-6-16-28(23)17-20-7-4-5-11-24(20)29/h1-16H,17-18H2/b27-26+. The van der Waals surface area contributed by atoms with E-state index in [9.17, 15) is 4.79 Å². The summed E-state index contributed by atoms with van der Waals surface area (Å²) >= 11 is 0. The van der Waals surface area contributed by atoms with Crippen LogP contribution in [0.2, 0.25) is 0 Å². The molecule has 1 aromatic heterocycles. The Morgan fingerprint density at radius 1 is 0.700 bits per heavy atom. The van der Waals surface area contributed by atoms with E-state index in [4.69, 9.17) is 0 Å². The normalized spacial score (nSPS) is 13.0. The number of amides is 1. The Bertz CT molecular complexity index is 1210. The SMILES string of the molecule is O=C(c1ccc(/N=N/c2ccccc2)cc1)N1Cc2cccn2Cc2ccccc21. The summed E-state index contributed by atoms with van der Waals surface area (Å²) in [6, 6.07) is 29.0. The predicted molar refractivity (Wildman–Crippen MR) is 118 cm³/mol. The maximum atomic E-state index is 13.4. The van der Waals surface area contributed by atoms with Crippen molar-refractivity contribution in [2.75, 3.05) is 4.90 Å². The van der Waals surface area contributed by atoms with E-state index in [1.54, 1.807) is 0 Å². The summed E-state index contributed by atoms with van der Waals surface area (Å²) < 4.78 is 2.19. The molecule has 3 aromatic carbocycles. The second-order valence-corrected chi connectivity index (χ2v) is 7.23. The van der Waals surface area contributed by atoms with E-state index >= 15 is 0 Å². The molecule has 0 aliphatic carbocycles. The molecule has 0 radical (unpaired) electrons. The summed E-state index contributed by atoms with van der Waals surface area (Å²) in [5.74, 6) is -0.0244. The molecule has 0 saturated heterocycles. The van der Waals surface area contributed by atoms with Gasteiger partial charge in [0, 0.05) is 29.7 Å². The van der Waals surface area contributed by atoms with Gasteiger partial charge in [-0.1, -0.05) is 36.4 Å². The highest BCUT2D eigenvalue weighted by Gasteiger charge is 2.24. The summed E-state index contributed by atoms with van der Waals surface area (Å²) in [6.07, 6.45) is 2.06. The summed E-state index contributed by atoms with van der Waals surface area (Å²) in [4.78, 5) is 15.3. The smallest absolute Gasteiger partial charge is 0.258 e. The fourth-order valence-corrected chi connectivity index (χ4v) is 3.70. The summed E-state index contributed by atoms with van der Waals surface area (Å²) in [5, 5.41) is 8.49. The maximum absolute atomic E-state index is 13.4. The molecule has 2 heterocycles. The minimum Gasteiger partial charge on any atom is -0.345 e. The first kappa shape index (κ1) is 18.1. The van der Waals surface area contributed by atoms with E-state index in [0.717, 1.165) is 29.2 Å². The Labute approximate surface area is 174 Å². The second kappa shape index (κ2) is 7.79. The zero-order chi connectivity index (χ0) is 20.3. The number of fused-ring (bicyclic) bond motifs is 2. The van der Waals surface area contributed by atoms with Crippen LogP contribution in [0.25, 0.3) is 0 Å². The van der Waals surface area contributed by atoms with Crippen molar-refractivity contribution in [1.29, 1.82) is 0 Å². The third-order valence-corrected chi connectivity index (χ3v) is 5.26. The van der Waals surface area contributed by atoms with Crippen LogP contribution >= 0.6 is 0 Å². The average molecular weight is 392 g/mol. The molecule has 1 amide bonds. The molecule has 0 N–H and O–H groups in total. The average Bonchev–Trinajstić information content (AvgIpc) is 3.17. The first-order chi connectivity index (χ1) is 14.8. The molecular formula is C25H20N4O. The second-order valence-electron chi connectivity index (χ2n) is 7.23. The quantitative estimate of drug-likeness (QED) is 0.388. The lowest BCUT2D eigenvalue weighted by Gasteiger charge is -2.22. The Morgan fingerprint density at radius 2 is 1.40 bits per heavy atom. The fraction of sp³-hybridized carbons (Fsp3) is 0.0800. The highest BCUT2D eigenvalue weighted by Crippen LogP contribution is 2.29. The van der Waals surface area contributed by atoms with Crippen LogP contribution in [-0.4, -0.2) is 10.5 Å². The lowest BCUT2D eigenvalue weighted by Crippen LogP contribution is -2.30. The van der Waals surface area contributed by atoms with Gasteiger partial charge in [0.25, 0.3) is 5.91 Å². The molecule has 0 atom stereocenters. The minimum atomic E-state index is -0.0244. The highest BCUT2D eigenvalue weighted by atomic mass is 16.2. The Morgan fingerprint density at radius 3 is 2.20 bits per heavy atom. The molecule has 1 aliphatic rings. The number of carbonyl (C=O) groups is 1. The Balaban J connectivity index is 1.42. The Hall–Kier alpha value is -3.99. The predicted octanol–water partition coefficient (Wildman–Crippen LogP) is 6.11. The van der Waals surface area contributed by atoms with Crippen molar-refractivity contribution in [3.8, 4) is 0 Å². The number of carbonyl (C=O) groups excluding carboxylic acids is 1. The number of benzene rings is 3. The fourth-order valence-electron chi connectivity index (χ4n) is 3.70. The number of aromatic nitrogens is 1. The Kier molecular flexibility index (Phi) is 4.69. The third kappa shape index (κ3) is 3.53. The first-order valence-corrected chi connectivity index (χ1v) is 9.88. The lowest BCUT2D eigenvalue weighted by atomic mass is 10.1. The van der Waals surface area contributed by atoms with Gasteiger partial charge in [-0.15, -0.1) is 0 Å². The van der Waals surface area contributed by atoms with E-state index in [1.165, 1.54) is 0 Å². The van der Waals surface area contributed by atoms with E-state index in [-0.39, 0.29) is 5.91 Å². The van der Waals surface area contributed by atoms with Gasteiger partial charge in [0.15, 0.2) is 0 Å². The number of rotatable bonds is 3. The molecule has 0 unspecified atom stereocenters. The topological polar surface area (TPSA) is 50.0 Å². The van der Waals surface area contributed by atoms with Crippen molar-refractivity contribution in [3.63, 3.8) is 0 Å². The number of hydrogen-bond acceptors (Lipinski definition) is 3. The van der Waals surface area contributed by atoms with Crippen LogP contribution in [0.4, 0.5) is 17.1 Å². The number of nitrogens with zero attached hydrogens (tertiary/aromatic N) is 4. The van der Waals surface area contributed by atoms with Crippen LogP contribution in [0.3, 0.4) is 0 Å². The number of azo groups is 1. The van der Waals surface area contributed by atoms with Crippen molar-refractivity contribution in [2.24, 2.45) is 10.2 Å². The van der Waals surface area contributed by atoms with Gasteiger partial charge in [0.1, 0.15) is 0 Å². The molecule has 5 heteroatoms. The molecule has 0 saturated carbocycles. The summed E-state index contributed by atoms with van der Waals surface area (Å²) in [6.45, 7) is 1.30. The van der Waals surface area contributed by atoms with Crippen molar-refractivity contribution in [3.05, 3.63) is 114 Å². The monoisotopic (exact) mass is 392 g/mol. The number of hydrogen-bond donors (Lipinski definition) is 0. The van der Waals surface area contributed by atoms with Crippen LogP contribution in [0, 0.1) is 0 Å². The van der Waals surface area contributed by atoms with Crippen LogP contribution in [-0.2, 0) is 13.1 Å². The van der Waals surface area contributed by atoms with Gasteiger partial charge in [-0.2, -0.15) is 10.2 Å². The third-order valence-electron chi connectivity index (χ3n) is 5.26. The molecule has 4 aromatic rings. The molecule has 30 heavy (non-hydrogen) atoms. The van der Waals surface area contributed by atoms with Crippen molar-refractivity contribution >= 4 is 23.0 Å². The van der Waals surface area contributed by atoms with E-state index in [1.807, 2.05) is 83.8 Å². The van der Waals surface area contributed by atoms with Gasteiger partial charge < -0.3 is 9.47 Å². The highest BCUT2D eigenvalue weighted by molar-refractivity contribution is 6.06. The van der Waals surface area contributed by atoms with Crippen LogP contribution in [0.5, 0.6) is 0 Å². The van der Waals surface area contributed by atoms with Gasteiger partial charge in [-0.25, -0.2) is 0 Å². The van der Waals surface area contributed by atoms with E-state index in [0.29, 0.717) is 17.8 Å². The van der Waals surface area contributed by atoms with E-state index in [2.05, 4.69) is 33.1 Å². The van der Waals surface area contributed by atoms with Gasteiger partial charge in [0.05, 0.1) is 17.9 Å². The summed E-state index contributed by atoms with van der Waals surface area (Å²) in [7, 11) is 0. The molecule has 1 aliphatic heterocycles. The lowest BCUT2D eigenvalue weighted by molar-refractivity contribution is 0.0985.